The van der Waals surface area contributed by atoms with E-state index in [-0.39, 0.29) is 36.4 Å². The molecule has 0 bridgehead atoms. The van der Waals surface area contributed by atoms with E-state index in [1.165, 1.54) is 19.1 Å². The van der Waals surface area contributed by atoms with Crippen LogP contribution in [0.5, 0.6) is 11.5 Å². The molecule has 174 valence electrons. The Morgan fingerprint density at radius 2 is 1.66 bits per heavy atom. The fourth-order valence-corrected chi connectivity index (χ4v) is 3.59. The monoisotopic (exact) mass is 524 g/mol. The number of carbonyl (C=O) groups is 1. The minimum Gasteiger partial charge on any atom is -0.490 e. The summed E-state index contributed by atoms with van der Waals surface area (Å²) in [5.74, 6) is -14.1. The zero-order chi connectivity index (χ0) is 23.4. The lowest BCUT2D eigenvalue weighted by molar-refractivity contribution is -0.165. The number of ether oxygens (including phenoxy) is 4. The molecule has 11 heteroatoms. The molecule has 0 aliphatic carbocycles. The molecule has 2 aromatic rings. The van der Waals surface area contributed by atoms with Gasteiger partial charge in [-0.15, -0.1) is 0 Å². The lowest BCUT2D eigenvalue weighted by Gasteiger charge is -2.23. The van der Waals surface area contributed by atoms with Crippen LogP contribution in [0, 0.1) is 36.0 Å². The minimum absolute atomic E-state index is 0.107. The van der Waals surface area contributed by atoms with Crippen molar-refractivity contribution in [2.45, 2.75) is 32.5 Å². The summed E-state index contributed by atoms with van der Waals surface area (Å²) in [6.07, 6.45) is 2.46. The van der Waals surface area contributed by atoms with Crippen molar-refractivity contribution < 1.29 is 45.7 Å². The molecule has 1 saturated heterocycles. The van der Waals surface area contributed by atoms with Crippen LogP contribution in [0.2, 0.25) is 0 Å². The molecule has 0 spiro atoms. The van der Waals surface area contributed by atoms with Gasteiger partial charge in [-0.05, 0) is 54.2 Å². The Balaban J connectivity index is 1.73. The third-order valence-electron chi connectivity index (χ3n) is 4.71. The molecule has 5 nitrogen and oxygen atoms in total. The van der Waals surface area contributed by atoms with Crippen molar-refractivity contribution in [1.29, 1.82) is 0 Å². The lowest BCUT2D eigenvalue weighted by Crippen LogP contribution is -2.24. The Bertz CT molecular complexity index is 982. The third kappa shape index (κ3) is 5.21. The van der Waals surface area contributed by atoms with E-state index in [4.69, 9.17) is 14.2 Å². The van der Waals surface area contributed by atoms with E-state index in [9.17, 15) is 26.7 Å². The second-order valence-corrected chi connectivity index (χ2v) is 7.71. The molecule has 1 aliphatic heterocycles. The van der Waals surface area contributed by atoms with Crippen LogP contribution in [0.4, 0.5) is 22.0 Å². The van der Waals surface area contributed by atoms with Gasteiger partial charge in [-0.1, -0.05) is 0 Å². The van der Waals surface area contributed by atoms with E-state index in [1.54, 1.807) is 0 Å². The summed E-state index contributed by atoms with van der Waals surface area (Å²) in [6, 6.07) is 2.68. The number of benzene rings is 2. The van der Waals surface area contributed by atoms with Gasteiger partial charge < -0.3 is 18.9 Å². The van der Waals surface area contributed by atoms with E-state index in [0.29, 0.717) is 11.1 Å². The van der Waals surface area contributed by atoms with Crippen LogP contribution in [-0.4, -0.2) is 32.1 Å². The molecule has 1 fully saturated rings. The van der Waals surface area contributed by atoms with Gasteiger partial charge in [0.25, 0.3) is 0 Å². The van der Waals surface area contributed by atoms with Crippen molar-refractivity contribution >= 4 is 21.9 Å². The fourth-order valence-electron chi connectivity index (χ4n) is 3.04. The Kier molecular flexibility index (Phi) is 8.07. The number of esters is 1. The van der Waals surface area contributed by atoms with Crippen LogP contribution in [-0.2, 0) is 9.47 Å². The first-order valence-electron chi connectivity index (χ1n) is 9.61. The number of hydrogen-bond donors (Lipinski definition) is 0. The normalized spacial score (nSPS) is 16.2. The van der Waals surface area contributed by atoms with Crippen molar-refractivity contribution in [2.75, 3.05) is 19.8 Å². The van der Waals surface area contributed by atoms with Crippen molar-refractivity contribution in [1.82, 2.24) is 0 Å². The van der Waals surface area contributed by atoms with Crippen LogP contribution in [0.3, 0.4) is 0 Å². The van der Waals surface area contributed by atoms with Gasteiger partial charge in [0.2, 0.25) is 34.8 Å². The third-order valence-corrected chi connectivity index (χ3v) is 5.34. The van der Waals surface area contributed by atoms with Crippen LogP contribution in [0.25, 0.3) is 0 Å². The van der Waals surface area contributed by atoms with Crippen LogP contribution in [0.1, 0.15) is 35.2 Å². The molecule has 0 aromatic heterocycles. The zero-order valence-electron chi connectivity index (χ0n) is 16.8. The van der Waals surface area contributed by atoms with Gasteiger partial charge in [0, 0.05) is 12.2 Å². The predicted molar refractivity (Wildman–Crippen MR) is 105 cm³/mol. The number of carbonyl (C=O) groups excluding carboxylic acids is 1. The lowest BCUT2D eigenvalue weighted by atomic mass is 10.1. The highest BCUT2D eigenvalue weighted by molar-refractivity contribution is 9.10. The summed E-state index contributed by atoms with van der Waals surface area (Å²) < 4.78 is 89.2. The largest absolute Gasteiger partial charge is 0.490 e. The summed E-state index contributed by atoms with van der Waals surface area (Å²) >= 11 is 3.27. The molecule has 2 aromatic carbocycles. The molecule has 32 heavy (non-hydrogen) atoms. The maximum Gasteiger partial charge on any atom is 0.344 e. The molecule has 1 aliphatic rings. The number of rotatable bonds is 7. The van der Waals surface area contributed by atoms with Gasteiger partial charge in [0.1, 0.15) is 12.4 Å². The molecule has 0 amide bonds. The maximum absolute atomic E-state index is 13.8. The highest BCUT2D eigenvalue weighted by Gasteiger charge is 2.29. The topological polar surface area (TPSA) is 54.0 Å². The van der Waals surface area contributed by atoms with E-state index >= 15 is 0 Å². The van der Waals surface area contributed by atoms with E-state index in [2.05, 4.69) is 20.7 Å². The van der Waals surface area contributed by atoms with Crippen molar-refractivity contribution in [3.63, 3.8) is 0 Å². The van der Waals surface area contributed by atoms with Crippen LogP contribution in [0.15, 0.2) is 16.6 Å². The quantitative estimate of drug-likeness (QED) is 0.118. The van der Waals surface area contributed by atoms with E-state index in [1.807, 2.05) is 0 Å². The first-order valence-corrected chi connectivity index (χ1v) is 10.4. The molecule has 0 saturated carbocycles. The number of halogens is 6. The Morgan fingerprint density at radius 3 is 2.28 bits per heavy atom. The first-order chi connectivity index (χ1) is 15.2. The smallest absolute Gasteiger partial charge is 0.344 e. The van der Waals surface area contributed by atoms with Crippen LogP contribution < -0.4 is 9.47 Å². The predicted octanol–water partition coefficient (Wildman–Crippen LogP) is 5.59. The van der Waals surface area contributed by atoms with Gasteiger partial charge in [0.05, 0.1) is 16.6 Å². The summed E-state index contributed by atoms with van der Waals surface area (Å²) in [6.45, 7) is 2.41. The van der Waals surface area contributed by atoms with Gasteiger partial charge in [0.15, 0.2) is 6.29 Å². The molecule has 1 atom stereocenters. The summed E-state index contributed by atoms with van der Waals surface area (Å²) in [4.78, 5) is 12.4. The SMILES string of the molecule is Cc1c(C(=O)Oc2c(F)c(F)c(F)c(F)c2F)ccc(Br)c1OCCOC1CCCCO1. The highest BCUT2D eigenvalue weighted by Crippen LogP contribution is 2.34. The number of hydrogen-bond acceptors (Lipinski definition) is 5. The molecule has 3 rings (SSSR count). The molecular weight excluding hydrogens is 507 g/mol. The Morgan fingerprint density at radius 1 is 1.00 bits per heavy atom. The summed E-state index contributed by atoms with van der Waals surface area (Å²) in [7, 11) is 0. The summed E-state index contributed by atoms with van der Waals surface area (Å²) in [5, 5.41) is 0. The average molecular weight is 525 g/mol. The second kappa shape index (κ2) is 10.6. The zero-order valence-corrected chi connectivity index (χ0v) is 18.4. The van der Waals surface area contributed by atoms with Crippen LogP contribution >= 0.6 is 15.9 Å². The average Bonchev–Trinajstić information content (AvgIpc) is 2.79. The Hall–Kier alpha value is -2.24. The van der Waals surface area contributed by atoms with Crippen molar-refractivity contribution in [3.05, 3.63) is 56.8 Å². The standard InChI is InChI=1S/C21H18BrF5O5/c1-10-11(21(28)32-20-17(26)15(24)14(23)16(25)18(20)27)5-6-12(22)19(10)31-9-8-30-13-4-2-3-7-29-13/h5-6,13H,2-4,7-9H2,1H3. The molecule has 1 heterocycles. The fraction of sp³-hybridized carbons (Fsp3) is 0.381. The minimum atomic E-state index is -2.35. The van der Waals surface area contributed by atoms with Gasteiger partial charge in [-0.25, -0.2) is 18.0 Å². The molecular formula is C21H18BrF5O5. The van der Waals surface area contributed by atoms with Gasteiger partial charge in [-0.3, -0.25) is 0 Å². The van der Waals surface area contributed by atoms with Gasteiger partial charge in [-0.2, -0.15) is 8.78 Å². The molecule has 0 radical (unpaired) electrons. The molecule has 1 unspecified atom stereocenters. The van der Waals surface area contributed by atoms with Gasteiger partial charge >= 0.3 is 5.97 Å². The van der Waals surface area contributed by atoms with E-state index < -0.39 is 40.8 Å². The maximum atomic E-state index is 13.8. The summed E-state index contributed by atoms with van der Waals surface area (Å²) in [5.41, 5.74) is 0.0332. The highest BCUT2D eigenvalue weighted by atomic mass is 79.9. The van der Waals surface area contributed by atoms with E-state index in [0.717, 1.165) is 19.3 Å². The Labute approximate surface area is 188 Å². The van der Waals surface area contributed by atoms with Crippen molar-refractivity contribution in [3.8, 4) is 11.5 Å². The second-order valence-electron chi connectivity index (χ2n) is 6.85. The first kappa shape index (κ1) is 24.4. The van der Waals surface area contributed by atoms with Crippen molar-refractivity contribution in [2.24, 2.45) is 0 Å². The molecule has 0 N–H and O–H groups in total.